The average molecular weight is 179 g/mol. The summed E-state index contributed by atoms with van der Waals surface area (Å²) in [6.07, 6.45) is 2.99. The van der Waals surface area contributed by atoms with Gasteiger partial charge < -0.3 is 5.73 Å². The van der Waals surface area contributed by atoms with E-state index in [0.717, 1.165) is 5.56 Å². The zero-order chi connectivity index (χ0) is 8.97. The van der Waals surface area contributed by atoms with E-state index in [2.05, 4.69) is 0 Å². The molecule has 1 aromatic carbocycles. The Morgan fingerprint density at radius 3 is 2.92 bits per heavy atom. The summed E-state index contributed by atoms with van der Waals surface area (Å²) >= 11 is 5.82. The number of hydrogen-bond acceptors (Lipinski definition) is 2. The van der Waals surface area contributed by atoms with Crippen LogP contribution in [0.3, 0.4) is 0 Å². The van der Waals surface area contributed by atoms with E-state index in [4.69, 9.17) is 22.6 Å². The van der Waals surface area contributed by atoms with Crippen LogP contribution in [0, 0.1) is 11.3 Å². The third-order valence-electron chi connectivity index (χ3n) is 1.36. The molecule has 12 heavy (non-hydrogen) atoms. The molecule has 0 spiro atoms. The molecule has 0 heterocycles. The van der Waals surface area contributed by atoms with Crippen molar-refractivity contribution in [3.63, 3.8) is 0 Å². The molecule has 0 bridgehead atoms. The van der Waals surface area contributed by atoms with Crippen molar-refractivity contribution in [1.29, 1.82) is 5.26 Å². The topological polar surface area (TPSA) is 49.8 Å². The van der Waals surface area contributed by atoms with Crippen LogP contribution in [0.25, 0.3) is 6.08 Å². The highest BCUT2D eigenvalue weighted by Crippen LogP contribution is 2.19. The Morgan fingerprint density at radius 1 is 1.50 bits per heavy atom. The molecular weight excluding hydrogens is 172 g/mol. The Morgan fingerprint density at radius 2 is 2.25 bits per heavy atom. The fourth-order valence-electron chi connectivity index (χ4n) is 0.817. The molecule has 60 valence electrons. The van der Waals surface area contributed by atoms with E-state index in [9.17, 15) is 0 Å². The van der Waals surface area contributed by atoms with Crippen molar-refractivity contribution in [1.82, 2.24) is 0 Å². The maximum Gasteiger partial charge on any atom is 0.0912 e. The molecule has 0 saturated carbocycles. The van der Waals surface area contributed by atoms with E-state index in [1.54, 1.807) is 24.3 Å². The molecule has 0 amide bonds. The molecule has 0 fully saturated rings. The molecule has 0 aliphatic carbocycles. The smallest absolute Gasteiger partial charge is 0.0912 e. The Bertz CT molecular complexity index is 350. The minimum atomic E-state index is 0.593. The number of benzene rings is 1. The second-order valence-corrected chi connectivity index (χ2v) is 2.65. The first-order valence-electron chi connectivity index (χ1n) is 3.35. The standard InChI is InChI=1S/C9H7ClN2/c10-9-4-3-8(12)6-7(9)2-1-5-11/h1-4,6H,12H2. The lowest BCUT2D eigenvalue weighted by Gasteiger charge is -1.98. The molecule has 1 aromatic rings. The van der Waals surface area contributed by atoms with Crippen LogP contribution in [0.2, 0.25) is 5.02 Å². The molecule has 1 rings (SSSR count). The van der Waals surface area contributed by atoms with Gasteiger partial charge in [-0.3, -0.25) is 0 Å². The van der Waals surface area contributed by atoms with E-state index in [1.165, 1.54) is 6.08 Å². The number of halogens is 1. The number of nitrogens with zero attached hydrogens (tertiary/aromatic N) is 1. The van der Waals surface area contributed by atoms with Gasteiger partial charge in [0, 0.05) is 16.8 Å². The number of rotatable bonds is 1. The second-order valence-electron chi connectivity index (χ2n) is 2.24. The summed E-state index contributed by atoms with van der Waals surface area (Å²) < 4.78 is 0. The van der Waals surface area contributed by atoms with Crippen molar-refractivity contribution < 1.29 is 0 Å². The van der Waals surface area contributed by atoms with Crippen LogP contribution in [0.5, 0.6) is 0 Å². The molecule has 0 atom stereocenters. The number of nitriles is 1. The fraction of sp³-hybridized carbons (Fsp3) is 0. The van der Waals surface area contributed by atoms with E-state index < -0.39 is 0 Å². The minimum Gasteiger partial charge on any atom is -0.399 e. The average Bonchev–Trinajstić information content (AvgIpc) is 2.07. The van der Waals surface area contributed by atoms with Gasteiger partial charge >= 0.3 is 0 Å². The van der Waals surface area contributed by atoms with E-state index in [0.29, 0.717) is 10.7 Å². The Labute approximate surface area is 75.9 Å². The number of anilines is 1. The predicted molar refractivity (Wildman–Crippen MR) is 50.5 cm³/mol. The SMILES string of the molecule is N#CC=Cc1cc(N)ccc1Cl. The third-order valence-corrected chi connectivity index (χ3v) is 1.70. The fourth-order valence-corrected chi connectivity index (χ4v) is 0.998. The Balaban J connectivity index is 3.07. The number of nitrogens with two attached hydrogens (primary N) is 1. The predicted octanol–water partition coefficient (Wildman–Crippen LogP) is 2.46. The van der Waals surface area contributed by atoms with Crippen molar-refractivity contribution in [3.05, 3.63) is 34.9 Å². The van der Waals surface area contributed by atoms with Gasteiger partial charge in [-0.15, -0.1) is 0 Å². The quantitative estimate of drug-likeness (QED) is 0.531. The van der Waals surface area contributed by atoms with Crippen LogP contribution < -0.4 is 5.73 Å². The van der Waals surface area contributed by atoms with Crippen LogP contribution in [0.15, 0.2) is 24.3 Å². The second kappa shape index (κ2) is 3.80. The Kier molecular flexibility index (Phi) is 2.73. The first-order valence-corrected chi connectivity index (χ1v) is 3.73. The zero-order valence-corrected chi connectivity index (χ0v) is 7.05. The van der Waals surface area contributed by atoms with Crippen molar-refractivity contribution in [2.24, 2.45) is 0 Å². The number of nitrogen functional groups attached to an aromatic ring is 1. The molecule has 0 aliphatic heterocycles. The van der Waals surface area contributed by atoms with Crippen molar-refractivity contribution in [2.75, 3.05) is 5.73 Å². The van der Waals surface area contributed by atoms with Crippen molar-refractivity contribution in [2.45, 2.75) is 0 Å². The Hall–Kier alpha value is -1.46. The zero-order valence-electron chi connectivity index (χ0n) is 6.29. The van der Waals surface area contributed by atoms with Gasteiger partial charge in [0.25, 0.3) is 0 Å². The van der Waals surface area contributed by atoms with Crippen LogP contribution in [-0.4, -0.2) is 0 Å². The molecule has 0 saturated heterocycles. The van der Waals surface area contributed by atoms with Gasteiger partial charge in [-0.25, -0.2) is 0 Å². The maximum atomic E-state index is 8.28. The molecule has 0 aromatic heterocycles. The van der Waals surface area contributed by atoms with Gasteiger partial charge in [0.2, 0.25) is 0 Å². The van der Waals surface area contributed by atoms with Gasteiger partial charge in [0.15, 0.2) is 0 Å². The summed E-state index contributed by atoms with van der Waals surface area (Å²) in [5.41, 5.74) is 6.92. The third kappa shape index (κ3) is 2.01. The largest absolute Gasteiger partial charge is 0.399 e. The lowest BCUT2D eigenvalue weighted by atomic mass is 10.2. The summed E-state index contributed by atoms with van der Waals surface area (Å²) in [6, 6.07) is 7.02. The van der Waals surface area contributed by atoms with Crippen molar-refractivity contribution >= 4 is 23.4 Å². The van der Waals surface area contributed by atoms with Gasteiger partial charge in [0.1, 0.15) is 0 Å². The summed E-state index contributed by atoms with van der Waals surface area (Å²) in [5, 5.41) is 8.87. The number of hydrogen-bond donors (Lipinski definition) is 1. The molecule has 2 N–H and O–H groups in total. The maximum absolute atomic E-state index is 8.28. The van der Waals surface area contributed by atoms with Gasteiger partial charge in [-0.05, 0) is 29.8 Å². The van der Waals surface area contributed by atoms with Gasteiger partial charge in [-0.1, -0.05) is 11.6 Å². The monoisotopic (exact) mass is 178 g/mol. The molecule has 0 unspecified atom stereocenters. The first-order chi connectivity index (χ1) is 5.74. The normalized spacial score (nSPS) is 10.0. The number of allylic oxidation sites excluding steroid dienone is 1. The summed E-state index contributed by atoms with van der Waals surface area (Å²) in [5.74, 6) is 0. The summed E-state index contributed by atoms with van der Waals surface area (Å²) in [4.78, 5) is 0. The van der Waals surface area contributed by atoms with E-state index >= 15 is 0 Å². The van der Waals surface area contributed by atoms with Crippen LogP contribution >= 0.6 is 11.6 Å². The highest BCUT2D eigenvalue weighted by molar-refractivity contribution is 6.32. The first kappa shape index (κ1) is 8.63. The van der Waals surface area contributed by atoms with Gasteiger partial charge in [-0.2, -0.15) is 5.26 Å². The summed E-state index contributed by atoms with van der Waals surface area (Å²) in [6.45, 7) is 0. The van der Waals surface area contributed by atoms with Crippen LogP contribution in [0.4, 0.5) is 5.69 Å². The highest BCUT2D eigenvalue weighted by atomic mass is 35.5. The van der Waals surface area contributed by atoms with E-state index in [-0.39, 0.29) is 0 Å². The molecule has 0 radical (unpaired) electrons. The summed E-state index contributed by atoms with van der Waals surface area (Å²) in [7, 11) is 0. The van der Waals surface area contributed by atoms with Crippen LogP contribution in [0.1, 0.15) is 5.56 Å². The van der Waals surface area contributed by atoms with E-state index in [1.807, 2.05) is 6.07 Å². The molecule has 0 aliphatic rings. The lowest BCUT2D eigenvalue weighted by molar-refractivity contribution is 1.53. The minimum absolute atomic E-state index is 0.593. The molecule has 2 nitrogen and oxygen atoms in total. The lowest BCUT2D eigenvalue weighted by Crippen LogP contribution is -1.84. The molecule has 3 heteroatoms. The molecular formula is C9H7ClN2. The van der Waals surface area contributed by atoms with Crippen molar-refractivity contribution in [3.8, 4) is 6.07 Å². The highest BCUT2D eigenvalue weighted by Gasteiger charge is 1.95. The van der Waals surface area contributed by atoms with Crippen LogP contribution in [-0.2, 0) is 0 Å². The van der Waals surface area contributed by atoms with Gasteiger partial charge in [0.05, 0.1) is 6.07 Å².